The highest BCUT2D eigenvalue weighted by Gasteiger charge is 2.58. The molecule has 3 saturated heterocycles. The van der Waals surface area contributed by atoms with Crippen molar-refractivity contribution in [2.24, 2.45) is 59.2 Å². The third kappa shape index (κ3) is 6.01. The molecule has 8 aliphatic carbocycles. The molecule has 0 aromatic heterocycles. The summed E-state index contributed by atoms with van der Waals surface area (Å²) in [5, 5.41) is 0. The van der Waals surface area contributed by atoms with Gasteiger partial charge in [0, 0.05) is 36.3 Å². The van der Waals surface area contributed by atoms with E-state index in [0.29, 0.717) is 12.2 Å². The lowest BCUT2D eigenvalue weighted by Gasteiger charge is -2.48. The second kappa shape index (κ2) is 14.4. The fourth-order valence-corrected chi connectivity index (χ4v) is 18.1. The van der Waals surface area contributed by atoms with E-state index in [4.69, 9.17) is 4.74 Å². The Morgan fingerprint density at radius 1 is 0.275 bits per heavy atom. The second-order valence-electron chi connectivity index (χ2n) is 21.8. The van der Waals surface area contributed by atoms with E-state index in [9.17, 15) is 0 Å². The molecular formula is C48H78N2O. The second-order valence-corrected chi connectivity index (χ2v) is 21.8. The number of rotatable bonds is 4. The Morgan fingerprint density at radius 3 is 1.69 bits per heavy atom. The molecule has 11 rings (SSSR count). The zero-order valence-corrected chi connectivity index (χ0v) is 32.9. The van der Waals surface area contributed by atoms with Crippen LogP contribution in [0.25, 0.3) is 0 Å². The molecule has 11 aliphatic rings. The summed E-state index contributed by atoms with van der Waals surface area (Å²) in [6.45, 7) is 0. The van der Waals surface area contributed by atoms with Crippen LogP contribution in [-0.2, 0) is 4.74 Å². The van der Waals surface area contributed by atoms with E-state index in [-0.39, 0.29) is 0 Å². The van der Waals surface area contributed by atoms with Crippen LogP contribution in [0.4, 0.5) is 0 Å². The zero-order valence-electron chi connectivity index (χ0n) is 32.9. The quantitative estimate of drug-likeness (QED) is 0.291. The molecule has 11 fully saturated rings. The lowest BCUT2D eigenvalue weighted by molar-refractivity contribution is -0.0215. The third-order valence-electron chi connectivity index (χ3n) is 20.0. The van der Waals surface area contributed by atoms with Crippen LogP contribution in [0.2, 0.25) is 0 Å². The van der Waals surface area contributed by atoms with Crippen molar-refractivity contribution >= 4 is 0 Å². The van der Waals surface area contributed by atoms with Crippen molar-refractivity contribution < 1.29 is 4.74 Å². The number of fused-ring (bicyclic) bond motifs is 9. The van der Waals surface area contributed by atoms with Crippen LogP contribution < -0.4 is 0 Å². The molecule has 286 valence electrons. The molecule has 3 heteroatoms. The zero-order chi connectivity index (χ0) is 33.5. The van der Waals surface area contributed by atoms with E-state index < -0.39 is 0 Å². The van der Waals surface area contributed by atoms with E-state index in [0.717, 1.165) is 95.4 Å². The Kier molecular flexibility index (Phi) is 9.66. The van der Waals surface area contributed by atoms with Crippen LogP contribution in [0.15, 0.2) is 0 Å². The average molecular weight is 699 g/mol. The Balaban J connectivity index is 0.799. The molecule has 0 bridgehead atoms. The van der Waals surface area contributed by atoms with Crippen LogP contribution in [0.3, 0.4) is 0 Å². The highest BCUT2D eigenvalue weighted by molar-refractivity contribution is 5.11. The number of ether oxygens (including phenoxy) is 1. The van der Waals surface area contributed by atoms with Crippen LogP contribution in [0, 0.1) is 59.2 Å². The Labute approximate surface area is 313 Å². The largest absolute Gasteiger partial charge is 0.374 e. The Hall–Kier alpha value is -0.120. The van der Waals surface area contributed by atoms with Crippen molar-refractivity contribution in [3.8, 4) is 0 Å². The first-order valence-corrected chi connectivity index (χ1v) is 24.5. The van der Waals surface area contributed by atoms with Crippen LogP contribution in [-0.4, -0.2) is 58.3 Å². The van der Waals surface area contributed by atoms with Gasteiger partial charge in [-0.05, 0) is 168 Å². The summed E-state index contributed by atoms with van der Waals surface area (Å²) >= 11 is 0. The first-order valence-electron chi connectivity index (χ1n) is 24.5. The predicted octanol–water partition coefficient (Wildman–Crippen LogP) is 11.6. The molecule has 0 N–H and O–H groups in total. The molecule has 3 nitrogen and oxygen atoms in total. The van der Waals surface area contributed by atoms with Gasteiger partial charge in [0.1, 0.15) is 0 Å². The summed E-state index contributed by atoms with van der Waals surface area (Å²) in [7, 11) is 0. The van der Waals surface area contributed by atoms with Gasteiger partial charge in [0.05, 0.1) is 12.2 Å². The molecule has 3 aliphatic heterocycles. The van der Waals surface area contributed by atoms with Crippen LogP contribution in [0.1, 0.15) is 193 Å². The topological polar surface area (TPSA) is 15.7 Å². The van der Waals surface area contributed by atoms with E-state index in [1.165, 1.54) is 89.9 Å². The minimum Gasteiger partial charge on any atom is -0.374 e. The molecule has 0 aromatic carbocycles. The number of hydrogen-bond acceptors (Lipinski definition) is 3. The minimum absolute atomic E-state index is 0.616. The number of hydrogen-bond donors (Lipinski definition) is 0. The smallest absolute Gasteiger partial charge is 0.0612 e. The lowest BCUT2D eigenvalue weighted by atomic mass is 9.62. The van der Waals surface area contributed by atoms with Crippen molar-refractivity contribution in [3.63, 3.8) is 0 Å². The maximum absolute atomic E-state index is 6.82. The maximum atomic E-state index is 6.82. The highest BCUT2D eigenvalue weighted by atomic mass is 16.5. The van der Waals surface area contributed by atoms with Crippen molar-refractivity contribution in [1.29, 1.82) is 0 Å². The predicted molar refractivity (Wildman–Crippen MR) is 208 cm³/mol. The van der Waals surface area contributed by atoms with Gasteiger partial charge in [-0.2, -0.15) is 0 Å². The molecule has 3 heterocycles. The third-order valence-corrected chi connectivity index (χ3v) is 20.0. The molecule has 0 aromatic rings. The Bertz CT molecular complexity index is 1200. The molecule has 0 spiro atoms. The van der Waals surface area contributed by atoms with Gasteiger partial charge in [-0.3, -0.25) is 9.80 Å². The molecule has 17 atom stereocenters. The van der Waals surface area contributed by atoms with Gasteiger partial charge in [0.2, 0.25) is 0 Å². The molecule has 51 heavy (non-hydrogen) atoms. The standard InChI is InChI=1S/C48H78N2O/c1-2-11-31(12-3-1)32-13-10-14-35(27-32)49-44-19-8-5-16-38(44)41-28-33(22-25-45(41)49)34-21-24-39-37-15-4-7-18-43(37)50(46(39)29-34)36-23-26-48-42(30-36)40-17-6-9-20-47(40)51-48/h31-48H,1-30H2. The van der Waals surface area contributed by atoms with Gasteiger partial charge < -0.3 is 4.74 Å². The van der Waals surface area contributed by atoms with Crippen LogP contribution >= 0.6 is 0 Å². The van der Waals surface area contributed by atoms with Gasteiger partial charge in [-0.1, -0.05) is 83.5 Å². The fraction of sp³-hybridized carbons (Fsp3) is 1.00. The average Bonchev–Trinajstić information content (AvgIpc) is 3.85. The van der Waals surface area contributed by atoms with Gasteiger partial charge in [-0.25, -0.2) is 0 Å². The van der Waals surface area contributed by atoms with Gasteiger partial charge in [0.25, 0.3) is 0 Å². The SMILES string of the molecule is C1CCC(C2CCCC(N3C4CCCCC4C4CC(C5CCC6C7CCCCC7N(C7CCC8OC9CCCCC9C8C7)C6C5)CCC43)C2)CC1. The summed E-state index contributed by atoms with van der Waals surface area (Å²) in [5.74, 6) is 10.2. The van der Waals surface area contributed by atoms with E-state index in [1.54, 1.807) is 103 Å². The summed E-state index contributed by atoms with van der Waals surface area (Å²) < 4.78 is 6.82. The van der Waals surface area contributed by atoms with Gasteiger partial charge >= 0.3 is 0 Å². The summed E-state index contributed by atoms with van der Waals surface area (Å²) in [5.41, 5.74) is 0. The van der Waals surface area contributed by atoms with E-state index in [2.05, 4.69) is 9.80 Å². The first-order chi connectivity index (χ1) is 25.3. The van der Waals surface area contributed by atoms with E-state index in [1.807, 2.05) is 0 Å². The first kappa shape index (κ1) is 34.2. The van der Waals surface area contributed by atoms with Crippen molar-refractivity contribution in [1.82, 2.24) is 9.80 Å². The molecule has 8 saturated carbocycles. The Morgan fingerprint density at radius 2 is 0.843 bits per heavy atom. The minimum atomic E-state index is 0.616. The van der Waals surface area contributed by atoms with Crippen molar-refractivity contribution in [3.05, 3.63) is 0 Å². The number of likely N-dealkylation sites (tertiary alicyclic amines) is 2. The normalized spacial score (nSPS) is 53.8. The maximum Gasteiger partial charge on any atom is 0.0612 e. The van der Waals surface area contributed by atoms with Gasteiger partial charge in [0.15, 0.2) is 0 Å². The molecular weight excluding hydrogens is 621 g/mol. The number of nitrogens with zero attached hydrogens (tertiary/aromatic N) is 2. The summed E-state index contributed by atoms with van der Waals surface area (Å²) in [4.78, 5) is 6.71. The molecule has 0 amide bonds. The van der Waals surface area contributed by atoms with Gasteiger partial charge in [-0.15, -0.1) is 0 Å². The van der Waals surface area contributed by atoms with Crippen molar-refractivity contribution in [2.45, 2.75) is 241 Å². The molecule has 0 radical (unpaired) electrons. The highest BCUT2D eigenvalue weighted by Crippen LogP contribution is 2.59. The van der Waals surface area contributed by atoms with Crippen molar-refractivity contribution in [2.75, 3.05) is 0 Å². The fourth-order valence-electron chi connectivity index (χ4n) is 18.1. The lowest BCUT2D eigenvalue weighted by Crippen LogP contribution is -2.51. The molecule has 17 unspecified atom stereocenters. The van der Waals surface area contributed by atoms with Crippen LogP contribution in [0.5, 0.6) is 0 Å². The van der Waals surface area contributed by atoms with E-state index >= 15 is 0 Å². The summed E-state index contributed by atoms with van der Waals surface area (Å²) in [6, 6.07) is 5.61. The summed E-state index contributed by atoms with van der Waals surface area (Å²) in [6.07, 6.45) is 47.2. The monoisotopic (exact) mass is 699 g/mol.